The molecule has 0 saturated carbocycles. The summed E-state index contributed by atoms with van der Waals surface area (Å²) >= 11 is 4.96. The van der Waals surface area contributed by atoms with E-state index in [9.17, 15) is 5.11 Å². The summed E-state index contributed by atoms with van der Waals surface area (Å²) in [5, 5.41) is 12.5. The van der Waals surface area contributed by atoms with Gasteiger partial charge in [-0.1, -0.05) is 30.3 Å². The van der Waals surface area contributed by atoms with E-state index in [1.54, 1.807) is 0 Å². The third kappa shape index (κ3) is 1.29. The standard InChI is InChI=1S/C13H8O2S/c14-11-7-12(16)15-13-9-4-2-1-3-8(9)5-6-10(11)13/h1-7,14H. The molecule has 1 heterocycles. The predicted molar refractivity (Wildman–Crippen MR) is 66.2 cm³/mol. The van der Waals surface area contributed by atoms with Gasteiger partial charge in [-0.3, -0.25) is 0 Å². The van der Waals surface area contributed by atoms with Crippen molar-refractivity contribution in [2.24, 2.45) is 0 Å². The average Bonchev–Trinajstić information content (AvgIpc) is 2.28. The van der Waals surface area contributed by atoms with E-state index >= 15 is 0 Å². The monoisotopic (exact) mass is 228 g/mol. The Morgan fingerprint density at radius 1 is 1.00 bits per heavy atom. The molecule has 0 bridgehead atoms. The Morgan fingerprint density at radius 3 is 2.69 bits per heavy atom. The quantitative estimate of drug-likeness (QED) is 0.466. The van der Waals surface area contributed by atoms with Gasteiger partial charge in [0.1, 0.15) is 11.3 Å². The molecule has 3 heteroatoms. The van der Waals surface area contributed by atoms with Crippen LogP contribution < -0.4 is 0 Å². The van der Waals surface area contributed by atoms with Crippen molar-refractivity contribution in [1.82, 2.24) is 0 Å². The van der Waals surface area contributed by atoms with Gasteiger partial charge in [-0.2, -0.15) is 0 Å². The Balaban J connectivity index is 2.65. The van der Waals surface area contributed by atoms with Gasteiger partial charge in [0.2, 0.25) is 0 Å². The normalized spacial score (nSPS) is 11.0. The van der Waals surface area contributed by atoms with Crippen molar-refractivity contribution >= 4 is 34.0 Å². The number of rotatable bonds is 0. The molecule has 3 rings (SSSR count). The van der Waals surface area contributed by atoms with Crippen LogP contribution >= 0.6 is 12.2 Å². The first kappa shape index (κ1) is 9.36. The van der Waals surface area contributed by atoms with E-state index in [0.29, 0.717) is 15.7 Å². The Morgan fingerprint density at radius 2 is 1.81 bits per heavy atom. The van der Waals surface area contributed by atoms with Gasteiger partial charge in [0.25, 0.3) is 0 Å². The summed E-state index contributed by atoms with van der Waals surface area (Å²) in [4.78, 5) is 0. The summed E-state index contributed by atoms with van der Waals surface area (Å²) in [6, 6.07) is 13.1. The SMILES string of the molecule is Oc1cc(=S)oc2c1ccc1ccccc12. The molecular weight excluding hydrogens is 220 g/mol. The molecule has 78 valence electrons. The van der Waals surface area contributed by atoms with Crippen LogP contribution in [0.5, 0.6) is 5.75 Å². The molecule has 0 saturated heterocycles. The molecular formula is C13H8O2S. The summed E-state index contributed by atoms with van der Waals surface area (Å²) in [6.45, 7) is 0. The van der Waals surface area contributed by atoms with Crippen molar-refractivity contribution in [2.45, 2.75) is 0 Å². The first-order chi connectivity index (χ1) is 7.75. The number of hydrogen-bond donors (Lipinski definition) is 1. The molecule has 16 heavy (non-hydrogen) atoms. The van der Waals surface area contributed by atoms with Gasteiger partial charge < -0.3 is 9.52 Å². The van der Waals surface area contributed by atoms with Crippen LogP contribution in [0.4, 0.5) is 0 Å². The van der Waals surface area contributed by atoms with Crippen molar-refractivity contribution in [3.05, 3.63) is 47.2 Å². The van der Waals surface area contributed by atoms with Crippen LogP contribution in [-0.4, -0.2) is 5.11 Å². The van der Waals surface area contributed by atoms with Gasteiger partial charge in [0.05, 0.1) is 5.39 Å². The third-order valence-corrected chi connectivity index (χ3v) is 2.81. The van der Waals surface area contributed by atoms with E-state index in [2.05, 4.69) is 0 Å². The van der Waals surface area contributed by atoms with Crippen molar-refractivity contribution in [2.75, 3.05) is 0 Å². The van der Waals surface area contributed by atoms with Crippen LogP contribution in [0.15, 0.2) is 46.9 Å². The Kier molecular flexibility index (Phi) is 1.94. The predicted octanol–water partition coefficient (Wildman–Crippen LogP) is 4.02. The molecule has 0 aliphatic heterocycles. The van der Waals surface area contributed by atoms with Crippen LogP contribution in [-0.2, 0) is 0 Å². The largest absolute Gasteiger partial charge is 0.507 e. The molecule has 0 amide bonds. The smallest absolute Gasteiger partial charge is 0.194 e. The molecule has 0 aliphatic rings. The second kappa shape index (κ2) is 3.32. The summed E-state index contributed by atoms with van der Waals surface area (Å²) < 4.78 is 5.80. The van der Waals surface area contributed by atoms with Gasteiger partial charge in [-0.15, -0.1) is 0 Å². The molecule has 0 atom stereocenters. The summed E-state index contributed by atoms with van der Waals surface area (Å²) in [5.74, 6) is 0.164. The Bertz CT molecular complexity index is 744. The van der Waals surface area contributed by atoms with Gasteiger partial charge in [0.15, 0.2) is 4.71 Å². The molecule has 1 aromatic heterocycles. The first-order valence-electron chi connectivity index (χ1n) is 4.90. The molecule has 0 unspecified atom stereocenters. The van der Waals surface area contributed by atoms with Gasteiger partial charge >= 0.3 is 0 Å². The molecule has 3 aromatic rings. The molecule has 1 N–H and O–H groups in total. The fourth-order valence-electron chi connectivity index (χ4n) is 1.87. The maximum absolute atomic E-state index is 9.78. The maximum Gasteiger partial charge on any atom is 0.194 e. The molecule has 0 radical (unpaired) electrons. The highest BCUT2D eigenvalue weighted by Crippen LogP contribution is 2.31. The lowest BCUT2D eigenvalue weighted by Gasteiger charge is -2.03. The molecule has 2 aromatic carbocycles. The number of fused-ring (bicyclic) bond motifs is 3. The Labute approximate surface area is 96.8 Å². The summed E-state index contributed by atoms with van der Waals surface area (Å²) in [5.41, 5.74) is 0.642. The highest BCUT2D eigenvalue weighted by molar-refractivity contribution is 7.71. The molecule has 0 aliphatic carbocycles. The zero-order valence-corrected chi connectivity index (χ0v) is 9.12. The molecule has 0 fully saturated rings. The highest BCUT2D eigenvalue weighted by atomic mass is 32.1. The van der Waals surface area contributed by atoms with E-state index in [0.717, 1.165) is 10.8 Å². The van der Waals surface area contributed by atoms with E-state index in [1.165, 1.54) is 6.07 Å². The van der Waals surface area contributed by atoms with Gasteiger partial charge in [-0.25, -0.2) is 0 Å². The van der Waals surface area contributed by atoms with Crippen LogP contribution in [0.3, 0.4) is 0 Å². The maximum atomic E-state index is 9.78. The van der Waals surface area contributed by atoms with Gasteiger partial charge in [-0.05, 0) is 23.7 Å². The minimum Gasteiger partial charge on any atom is -0.507 e. The lowest BCUT2D eigenvalue weighted by molar-refractivity contribution is 0.472. The number of hydrogen-bond acceptors (Lipinski definition) is 3. The average molecular weight is 228 g/mol. The van der Waals surface area contributed by atoms with Crippen molar-refractivity contribution in [1.29, 1.82) is 0 Å². The van der Waals surface area contributed by atoms with Crippen molar-refractivity contribution in [3.63, 3.8) is 0 Å². The lowest BCUT2D eigenvalue weighted by atomic mass is 10.1. The van der Waals surface area contributed by atoms with E-state index in [-0.39, 0.29) is 5.75 Å². The van der Waals surface area contributed by atoms with Crippen LogP contribution in [0.2, 0.25) is 0 Å². The van der Waals surface area contributed by atoms with Crippen LogP contribution in [0.1, 0.15) is 0 Å². The lowest BCUT2D eigenvalue weighted by Crippen LogP contribution is -1.78. The van der Waals surface area contributed by atoms with Crippen molar-refractivity contribution in [3.8, 4) is 5.75 Å². The second-order valence-electron chi connectivity index (χ2n) is 3.61. The third-order valence-electron chi connectivity index (χ3n) is 2.61. The fourth-order valence-corrected chi connectivity index (χ4v) is 2.07. The highest BCUT2D eigenvalue weighted by Gasteiger charge is 2.06. The summed E-state index contributed by atoms with van der Waals surface area (Å²) in [6.07, 6.45) is 0. The number of aromatic hydroxyl groups is 1. The minimum absolute atomic E-state index is 0.164. The Hall–Kier alpha value is -1.87. The fraction of sp³-hybridized carbons (Fsp3) is 0. The van der Waals surface area contributed by atoms with E-state index < -0.39 is 0 Å². The zero-order chi connectivity index (χ0) is 11.1. The molecule has 2 nitrogen and oxygen atoms in total. The van der Waals surface area contributed by atoms with Gasteiger partial charge in [0, 0.05) is 11.5 Å². The zero-order valence-electron chi connectivity index (χ0n) is 8.31. The topological polar surface area (TPSA) is 33.4 Å². The van der Waals surface area contributed by atoms with Crippen molar-refractivity contribution < 1.29 is 9.52 Å². The van der Waals surface area contributed by atoms with Crippen LogP contribution in [0.25, 0.3) is 21.7 Å². The minimum atomic E-state index is 0.164. The first-order valence-corrected chi connectivity index (χ1v) is 5.31. The van der Waals surface area contributed by atoms with E-state index in [1.807, 2.05) is 36.4 Å². The van der Waals surface area contributed by atoms with Crippen LogP contribution in [0, 0.1) is 4.71 Å². The second-order valence-corrected chi connectivity index (χ2v) is 4.02. The summed E-state index contributed by atoms with van der Waals surface area (Å²) in [7, 11) is 0. The number of benzene rings is 2. The van der Waals surface area contributed by atoms with E-state index in [4.69, 9.17) is 16.6 Å². The molecule has 0 spiro atoms.